The smallest absolute Gasteiger partial charge is 0.310 e. The molecule has 0 rings (SSSR count). The molecule has 0 fully saturated rings. The Kier molecular flexibility index (Phi) is 6.03. The van der Waals surface area contributed by atoms with E-state index in [0.29, 0.717) is 19.0 Å². The lowest BCUT2D eigenvalue weighted by Gasteiger charge is -2.19. The highest BCUT2D eigenvalue weighted by Crippen LogP contribution is 2.12. The number of amides is 1. The molecule has 0 bridgehead atoms. The minimum Gasteiger partial charge on any atom is -0.481 e. The molecule has 94 valence electrons. The van der Waals surface area contributed by atoms with Gasteiger partial charge >= 0.3 is 5.97 Å². The molecule has 5 heteroatoms. The maximum absolute atomic E-state index is 11.3. The second kappa shape index (κ2) is 6.48. The fraction of sp³-hybridized carbons (Fsp3) is 0.818. The van der Waals surface area contributed by atoms with Crippen LogP contribution in [0.3, 0.4) is 0 Å². The van der Waals surface area contributed by atoms with Crippen molar-refractivity contribution in [3.05, 3.63) is 0 Å². The van der Waals surface area contributed by atoms with Crippen molar-refractivity contribution in [1.29, 1.82) is 0 Å². The summed E-state index contributed by atoms with van der Waals surface area (Å²) in [6.45, 7) is 7.95. The summed E-state index contributed by atoms with van der Waals surface area (Å²) in [6, 6.07) is 0.350. The minimum atomic E-state index is -0.916. The first-order valence-electron chi connectivity index (χ1n) is 5.49. The Morgan fingerprint density at radius 2 is 1.88 bits per heavy atom. The van der Waals surface area contributed by atoms with Crippen LogP contribution in [0.2, 0.25) is 0 Å². The molecule has 0 aromatic rings. The summed E-state index contributed by atoms with van der Waals surface area (Å²) in [4.78, 5) is 22.1. The molecule has 0 aromatic heterocycles. The van der Waals surface area contributed by atoms with Crippen LogP contribution < -0.4 is 10.6 Å². The molecule has 0 saturated carbocycles. The largest absolute Gasteiger partial charge is 0.481 e. The number of rotatable bonds is 7. The van der Waals surface area contributed by atoms with E-state index in [9.17, 15) is 9.59 Å². The number of hydrogen-bond acceptors (Lipinski definition) is 3. The molecule has 1 amide bonds. The second-order valence-corrected chi connectivity index (χ2v) is 4.82. The summed E-state index contributed by atoms with van der Waals surface area (Å²) in [5.41, 5.74) is -0.916. The highest BCUT2D eigenvalue weighted by atomic mass is 16.4. The van der Waals surface area contributed by atoms with Gasteiger partial charge in [-0.15, -0.1) is 0 Å². The third-order valence-corrected chi connectivity index (χ3v) is 2.21. The molecule has 0 heterocycles. The average Bonchev–Trinajstić information content (AvgIpc) is 2.14. The lowest BCUT2D eigenvalue weighted by atomic mass is 9.94. The quantitative estimate of drug-likeness (QED) is 0.598. The zero-order chi connectivity index (χ0) is 12.8. The standard InChI is InChI=1S/C11H22N2O3/c1-8(2)12-6-5-9(14)13-7-11(3,4)10(15)16/h8,12H,5-7H2,1-4H3,(H,13,14)(H,15,16). The molecule has 0 atom stereocenters. The molecule has 0 aliphatic carbocycles. The third kappa shape index (κ3) is 6.40. The van der Waals surface area contributed by atoms with Crippen molar-refractivity contribution in [1.82, 2.24) is 10.6 Å². The average molecular weight is 230 g/mol. The molecule has 0 radical (unpaired) electrons. The van der Waals surface area contributed by atoms with Crippen molar-refractivity contribution >= 4 is 11.9 Å². The SMILES string of the molecule is CC(C)NCCC(=O)NCC(C)(C)C(=O)O. The van der Waals surface area contributed by atoms with Gasteiger partial charge in [0.25, 0.3) is 0 Å². The van der Waals surface area contributed by atoms with E-state index >= 15 is 0 Å². The molecule has 0 aliphatic heterocycles. The van der Waals surface area contributed by atoms with Crippen LogP contribution in [0.15, 0.2) is 0 Å². The van der Waals surface area contributed by atoms with E-state index in [2.05, 4.69) is 10.6 Å². The number of carbonyl (C=O) groups is 2. The summed E-state index contributed by atoms with van der Waals surface area (Å²) >= 11 is 0. The molecular formula is C11H22N2O3. The Bertz CT molecular complexity index is 250. The van der Waals surface area contributed by atoms with E-state index in [1.54, 1.807) is 13.8 Å². The fourth-order valence-corrected chi connectivity index (χ4v) is 0.958. The summed E-state index contributed by atoms with van der Waals surface area (Å²) in [7, 11) is 0. The molecule has 5 nitrogen and oxygen atoms in total. The first-order valence-corrected chi connectivity index (χ1v) is 5.49. The number of carboxylic acid groups (broad SMARTS) is 1. The number of hydrogen-bond donors (Lipinski definition) is 3. The van der Waals surface area contributed by atoms with E-state index in [4.69, 9.17) is 5.11 Å². The maximum atomic E-state index is 11.3. The van der Waals surface area contributed by atoms with Crippen LogP contribution in [0.1, 0.15) is 34.1 Å². The molecule has 0 aliphatic rings. The van der Waals surface area contributed by atoms with Gasteiger partial charge in [-0.1, -0.05) is 13.8 Å². The van der Waals surface area contributed by atoms with E-state index < -0.39 is 11.4 Å². The summed E-state index contributed by atoms with van der Waals surface area (Å²) < 4.78 is 0. The highest BCUT2D eigenvalue weighted by molar-refractivity contribution is 5.78. The monoisotopic (exact) mass is 230 g/mol. The highest BCUT2D eigenvalue weighted by Gasteiger charge is 2.27. The lowest BCUT2D eigenvalue weighted by Crippen LogP contribution is -2.40. The van der Waals surface area contributed by atoms with Gasteiger partial charge in [-0.3, -0.25) is 9.59 Å². The van der Waals surface area contributed by atoms with Gasteiger partial charge in [-0.05, 0) is 13.8 Å². The van der Waals surface area contributed by atoms with Crippen LogP contribution in [0, 0.1) is 5.41 Å². The number of carboxylic acids is 1. The van der Waals surface area contributed by atoms with E-state index in [-0.39, 0.29) is 12.5 Å². The molecule has 16 heavy (non-hydrogen) atoms. The zero-order valence-electron chi connectivity index (χ0n) is 10.5. The first kappa shape index (κ1) is 14.9. The second-order valence-electron chi connectivity index (χ2n) is 4.82. The molecule has 0 unspecified atom stereocenters. The van der Waals surface area contributed by atoms with Crippen LogP contribution >= 0.6 is 0 Å². The van der Waals surface area contributed by atoms with Gasteiger partial charge in [0.2, 0.25) is 5.91 Å². The van der Waals surface area contributed by atoms with Crippen molar-refractivity contribution in [2.45, 2.75) is 40.2 Å². The van der Waals surface area contributed by atoms with Crippen LogP contribution in [-0.4, -0.2) is 36.1 Å². The predicted molar refractivity (Wildman–Crippen MR) is 62.2 cm³/mol. The Morgan fingerprint density at radius 3 is 2.31 bits per heavy atom. The van der Waals surface area contributed by atoms with Crippen molar-refractivity contribution in [2.75, 3.05) is 13.1 Å². The van der Waals surface area contributed by atoms with E-state index in [1.807, 2.05) is 13.8 Å². The lowest BCUT2D eigenvalue weighted by molar-refractivity contribution is -0.146. The summed E-state index contributed by atoms with van der Waals surface area (Å²) in [5, 5.41) is 14.6. The predicted octanol–water partition coefficient (Wildman–Crippen LogP) is 0.601. The van der Waals surface area contributed by atoms with Crippen LogP contribution in [-0.2, 0) is 9.59 Å². The van der Waals surface area contributed by atoms with Gasteiger partial charge < -0.3 is 15.7 Å². The summed E-state index contributed by atoms with van der Waals surface area (Å²) in [5.74, 6) is -1.03. The minimum absolute atomic E-state index is 0.123. The topological polar surface area (TPSA) is 78.4 Å². The Labute approximate surface area is 96.6 Å². The molecule has 0 spiro atoms. The van der Waals surface area contributed by atoms with Crippen molar-refractivity contribution in [3.8, 4) is 0 Å². The number of aliphatic carboxylic acids is 1. The number of carbonyl (C=O) groups excluding carboxylic acids is 1. The zero-order valence-corrected chi connectivity index (χ0v) is 10.5. The number of nitrogens with one attached hydrogen (secondary N) is 2. The maximum Gasteiger partial charge on any atom is 0.310 e. The van der Waals surface area contributed by atoms with Crippen molar-refractivity contribution < 1.29 is 14.7 Å². The van der Waals surface area contributed by atoms with E-state index in [0.717, 1.165) is 0 Å². The Morgan fingerprint density at radius 1 is 1.31 bits per heavy atom. The van der Waals surface area contributed by atoms with E-state index in [1.165, 1.54) is 0 Å². The van der Waals surface area contributed by atoms with Crippen LogP contribution in [0.5, 0.6) is 0 Å². The van der Waals surface area contributed by atoms with Gasteiger partial charge in [0, 0.05) is 25.6 Å². The summed E-state index contributed by atoms with van der Waals surface area (Å²) in [6.07, 6.45) is 0.369. The Balaban J connectivity index is 3.77. The van der Waals surface area contributed by atoms with Gasteiger partial charge in [-0.25, -0.2) is 0 Å². The third-order valence-electron chi connectivity index (χ3n) is 2.21. The molecule has 0 aromatic carbocycles. The fourth-order valence-electron chi connectivity index (χ4n) is 0.958. The molecule has 0 saturated heterocycles. The normalized spacial score (nSPS) is 11.6. The van der Waals surface area contributed by atoms with Gasteiger partial charge in [0.1, 0.15) is 0 Å². The van der Waals surface area contributed by atoms with Crippen LogP contribution in [0.4, 0.5) is 0 Å². The van der Waals surface area contributed by atoms with Crippen LogP contribution in [0.25, 0.3) is 0 Å². The van der Waals surface area contributed by atoms with Gasteiger partial charge in [0.05, 0.1) is 5.41 Å². The Hall–Kier alpha value is -1.10. The van der Waals surface area contributed by atoms with Crippen molar-refractivity contribution in [2.24, 2.45) is 5.41 Å². The molecular weight excluding hydrogens is 208 g/mol. The van der Waals surface area contributed by atoms with Gasteiger partial charge in [0.15, 0.2) is 0 Å². The van der Waals surface area contributed by atoms with Crippen molar-refractivity contribution in [3.63, 3.8) is 0 Å². The molecule has 3 N–H and O–H groups in total. The first-order chi connectivity index (χ1) is 7.25. The van der Waals surface area contributed by atoms with Gasteiger partial charge in [-0.2, -0.15) is 0 Å².